The first-order chi connectivity index (χ1) is 11.8. The number of halogens is 1. The fourth-order valence-corrected chi connectivity index (χ4v) is 2.44. The molecule has 0 atom stereocenters. The summed E-state index contributed by atoms with van der Waals surface area (Å²) in [6.45, 7) is 3.39. The second-order valence-electron chi connectivity index (χ2n) is 6.15. The first kappa shape index (κ1) is 17.0. The Bertz CT molecular complexity index is 857. The summed E-state index contributed by atoms with van der Waals surface area (Å²) >= 11 is 5.82. The number of amides is 2. The third-order valence-electron chi connectivity index (χ3n) is 3.70. The van der Waals surface area contributed by atoms with Crippen LogP contribution in [0.2, 0.25) is 5.02 Å². The van der Waals surface area contributed by atoms with E-state index in [4.69, 9.17) is 16.3 Å². The van der Waals surface area contributed by atoms with Crippen molar-refractivity contribution in [3.8, 4) is 5.75 Å². The van der Waals surface area contributed by atoms with Gasteiger partial charge in [0.15, 0.2) is 5.60 Å². The largest absolute Gasteiger partial charge is 0.476 e. The highest BCUT2D eigenvalue weighted by Gasteiger charge is 2.35. The molecule has 0 bridgehead atoms. The van der Waals surface area contributed by atoms with Gasteiger partial charge in [0.05, 0.1) is 5.69 Å². The maximum atomic E-state index is 12.0. The van der Waals surface area contributed by atoms with Crippen LogP contribution in [0, 0.1) is 0 Å². The first-order valence-electron chi connectivity index (χ1n) is 7.73. The van der Waals surface area contributed by atoms with E-state index < -0.39 is 5.60 Å². The molecule has 0 fully saturated rings. The Kier molecular flexibility index (Phi) is 4.51. The lowest BCUT2D eigenvalue weighted by molar-refractivity contribution is -0.129. The van der Waals surface area contributed by atoms with Crippen molar-refractivity contribution in [2.75, 3.05) is 10.6 Å². The second kappa shape index (κ2) is 6.61. The van der Waals surface area contributed by atoms with E-state index in [0.29, 0.717) is 22.1 Å². The van der Waals surface area contributed by atoms with Crippen molar-refractivity contribution in [3.05, 3.63) is 59.1 Å². The number of benzene rings is 2. The van der Waals surface area contributed by atoms with Gasteiger partial charge in [0.2, 0.25) is 5.91 Å². The number of anilines is 2. The fraction of sp³-hybridized carbons (Fsp3) is 0.158. The quantitative estimate of drug-likeness (QED) is 0.813. The molecule has 0 aromatic heterocycles. The second-order valence-corrected chi connectivity index (χ2v) is 6.59. The normalized spacial score (nSPS) is 15.2. The smallest absolute Gasteiger partial charge is 0.268 e. The maximum Gasteiger partial charge on any atom is 0.268 e. The van der Waals surface area contributed by atoms with Gasteiger partial charge in [0.1, 0.15) is 5.75 Å². The van der Waals surface area contributed by atoms with Crippen LogP contribution in [0.15, 0.2) is 48.5 Å². The van der Waals surface area contributed by atoms with E-state index >= 15 is 0 Å². The van der Waals surface area contributed by atoms with Crippen molar-refractivity contribution in [2.45, 2.75) is 19.4 Å². The van der Waals surface area contributed by atoms with E-state index in [1.807, 2.05) is 12.1 Å². The molecule has 2 N–H and O–H groups in total. The predicted molar refractivity (Wildman–Crippen MR) is 98.9 cm³/mol. The lowest BCUT2D eigenvalue weighted by Crippen LogP contribution is -2.45. The van der Waals surface area contributed by atoms with E-state index in [0.717, 1.165) is 5.56 Å². The van der Waals surface area contributed by atoms with Gasteiger partial charge in [-0.25, -0.2) is 0 Å². The molecule has 1 aliphatic rings. The highest BCUT2D eigenvalue weighted by molar-refractivity contribution is 6.30. The van der Waals surface area contributed by atoms with Crippen LogP contribution in [0.5, 0.6) is 5.75 Å². The zero-order valence-corrected chi connectivity index (χ0v) is 14.6. The topological polar surface area (TPSA) is 67.4 Å². The van der Waals surface area contributed by atoms with Gasteiger partial charge in [0.25, 0.3) is 5.91 Å². The number of hydrogen-bond acceptors (Lipinski definition) is 3. The maximum absolute atomic E-state index is 12.0. The van der Waals surface area contributed by atoms with Gasteiger partial charge in [-0.05, 0) is 55.8 Å². The van der Waals surface area contributed by atoms with Crippen LogP contribution in [0.25, 0.3) is 6.08 Å². The summed E-state index contributed by atoms with van der Waals surface area (Å²) in [5.74, 6) is 0.0590. The highest BCUT2D eigenvalue weighted by atomic mass is 35.5. The number of carbonyl (C=O) groups is 2. The van der Waals surface area contributed by atoms with Gasteiger partial charge in [-0.1, -0.05) is 23.7 Å². The molecule has 1 heterocycles. The minimum Gasteiger partial charge on any atom is -0.476 e. The summed E-state index contributed by atoms with van der Waals surface area (Å²) in [7, 11) is 0. The monoisotopic (exact) mass is 356 g/mol. The molecule has 1 aliphatic heterocycles. The molecule has 0 spiro atoms. The summed E-state index contributed by atoms with van der Waals surface area (Å²) < 4.78 is 5.66. The van der Waals surface area contributed by atoms with E-state index in [1.165, 1.54) is 6.08 Å². The standard InChI is InChI=1S/C19H17ClN2O3/c1-19(2)18(24)22-15-11-14(8-9-16(15)25-19)21-17(23)10-5-12-3-6-13(20)7-4-12/h3-11H,1-2H3,(H,21,23)(H,22,24)/b10-5+. The zero-order valence-electron chi connectivity index (χ0n) is 13.8. The van der Waals surface area contributed by atoms with Crippen molar-refractivity contribution in [2.24, 2.45) is 0 Å². The fourth-order valence-electron chi connectivity index (χ4n) is 2.32. The molecule has 5 nitrogen and oxygen atoms in total. The Balaban J connectivity index is 1.69. The average molecular weight is 357 g/mol. The third-order valence-corrected chi connectivity index (χ3v) is 3.96. The van der Waals surface area contributed by atoms with Crippen molar-refractivity contribution in [1.82, 2.24) is 0 Å². The predicted octanol–water partition coefficient (Wildman–Crippen LogP) is 4.10. The van der Waals surface area contributed by atoms with Gasteiger partial charge < -0.3 is 15.4 Å². The Morgan fingerprint density at radius 3 is 2.64 bits per heavy atom. The Labute approximate surface area is 150 Å². The van der Waals surface area contributed by atoms with Gasteiger partial charge in [0, 0.05) is 16.8 Å². The molecule has 3 rings (SSSR count). The summed E-state index contributed by atoms with van der Waals surface area (Å²) in [6.07, 6.45) is 3.12. The number of fused-ring (bicyclic) bond motifs is 1. The molecule has 0 unspecified atom stereocenters. The van der Waals surface area contributed by atoms with Crippen LogP contribution in [0.4, 0.5) is 11.4 Å². The lowest BCUT2D eigenvalue weighted by Gasteiger charge is -2.31. The van der Waals surface area contributed by atoms with Gasteiger partial charge in [-0.3, -0.25) is 9.59 Å². The molecule has 6 heteroatoms. The van der Waals surface area contributed by atoms with Crippen LogP contribution >= 0.6 is 11.6 Å². The number of nitrogens with one attached hydrogen (secondary N) is 2. The molecule has 0 saturated carbocycles. The van der Waals surface area contributed by atoms with Crippen LogP contribution < -0.4 is 15.4 Å². The molecule has 2 aromatic carbocycles. The highest BCUT2D eigenvalue weighted by Crippen LogP contribution is 2.35. The average Bonchev–Trinajstić information content (AvgIpc) is 2.55. The van der Waals surface area contributed by atoms with Crippen molar-refractivity contribution in [3.63, 3.8) is 0 Å². The molecule has 0 radical (unpaired) electrons. The third kappa shape index (κ3) is 4.00. The summed E-state index contributed by atoms with van der Waals surface area (Å²) in [5.41, 5.74) is 1.05. The Hall–Kier alpha value is -2.79. The van der Waals surface area contributed by atoms with Crippen molar-refractivity contribution >= 4 is 40.9 Å². The number of rotatable bonds is 3. The molecule has 2 aromatic rings. The van der Waals surface area contributed by atoms with Gasteiger partial charge in [-0.2, -0.15) is 0 Å². The number of carbonyl (C=O) groups excluding carboxylic acids is 2. The number of hydrogen-bond donors (Lipinski definition) is 2. The minimum absolute atomic E-state index is 0.230. The zero-order chi connectivity index (χ0) is 18.0. The Morgan fingerprint density at radius 1 is 1.20 bits per heavy atom. The summed E-state index contributed by atoms with van der Waals surface area (Å²) in [5, 5.41) is 6.17. The molecular weight excluding hydrogens is 340 g/mol. The van der Waals surface area contributed by atoms with Crippen LogP contribution in [-0.4, -0.2) is 17.4 Å². The minimum atomic E-state index is -0.918. The molecular formula is C19H17ClN2O3. The lowest BCUT2D eigenvalue weighted by atomic mass is 10.1. The Morgan fingerprint density at radius 2 is 1.92 bits per heavy atom. The molecule has 25 heavy (non-hydrogen) atoms. The van der Waals surface area contributed by atoms with Crippen LogP contribution in [-0.2, 0) is 9.59 Å². The van der Waals surface area contributed by atoms with E-state index in [-0.39, 0.29) is 11.8 Å². The van der Waals surface area contributed by atoms with Gasteiger partial charge in [-0.15, -0.1) is 0 Å². The number of ether oxygens (including phenoxy) is 1. The SMILES string of the molecule is CC1(C)Oc2ccc(NC(=O)/C=C/c3ccc(Cl)cc3)cc2NC1=O. The van der Waals surface area contributed by atoms with Crippen LogP contribution in [0.3, 0.4) is 0 Å². The van der Waals surface area contributed by atoms with E-state index in [2.05, 4.69) is 10.6 Å². The molecule has 128 valence electrons. The molecule has 0 aliphatic carbocycles. The van der Waals surface area contributed by atoms with E-state index in [9.17, 15) is 9.59 Å². The summed E-state index contributed by atoms with van der Waals surface area (Å²) in [4.78, 5) is 24.0. The van der Waals surface area contributed by atoms with Crippen molar-refractivity contribution in [1.29, 1.82) is 0 Å². The van der Waals surface area contributed by atoms with Crippen molar-refractivity contribution < 1.29 is 14.3 Å². The molecule has 2 amide bonds. The summed E-state index contributed by atoms with van der Waals surface area (Å²) in [6, 6.07) is 12.3. The van der Waals surface area contributed by atoms with Crippen LogP contribution in [0.1, 0.15) is 19.4 Å². The van der Waals surface area contributed by atoms with E-state index in [1.54, 1.807) is 50.3 Å². The van der Waals surface area contributed by atoms with Gasteiger partial charge >= 0.3 is 0 Å². The first-order valence-corrected chi connectivity index (χ1v) is 8.10. The molecule has 0 saturated heterocycles.